The third-order valence-electron chi connectivity index (χ3n) is 3.33. The summed E-state index contributed by atoms with van der Waals surface area (Å²) in [5, 5.41) is 10.0. The van der Waals surface area contributed by atoms with Crippen LogP contribution in [0.3, 0.4) is 0 Å². The Morgan fingerprint density at radius 2 is 1.86 bits per heavy atom. The summed E-state index contributed by atoms with van der Waals surface area (Å²) in [6.07, 6.45) is 0.773. The third-order valence-corrected chi connectivity index (χ3v) is 3.33. The van der Waals surface area contributed by atoms with Gasteiger partial charge in [0, 0.05) is 17.6 Å². The molecule has 0 unspecified atom stereocenters. The summed E-state index contributed by atoms with van der Waals surface area (Å²) in [5.41, 5.74) is 2.51. The number of ether oxygens (including phenoxy) is 1. The largest absolute Gasteiger partial charge is 0.493 e. The number of hydrogen-bond donors (Lipinski definition) is 2. The molecule has 4 heteroatoms. The summed E-state index contributed by atoms with van der Waals surface area (Å²) >= 11 is 0. The second-order valence-electron chi connectivity index (χ2n) is 4.81. The monoisotopic (exact) mass is 281 g/mol. The molecule has 21 heavy (non-hydrogen) atoms. The van der Waals surface area contributed by atoms with E-state index in [1.165, 1.54) is 5.39 Å². The van der Waals surface area contributed by atoms with Crippen molar-refractivity contribution in [2.24, 2.45) is 0 Å². The van der Waals surface area contributed by atoms with E-state index in [2.05, 4.69) is 17.1 Å². The molecule has 0 fully saturated rings. The predicted octanol–water partition coefficient (Wildman–Crippen LogP) is 3.49. The van der Waals surface area contributed by atoms with Crippen LogP contribution in [-0.4, -0.2) is 22.7 Å². The average molecular weight is 281 g/mol. The summed E-state index contributed by atoms with van der Waals surface area (Å²) in [4.78, 5) is 14.1. The van der Waals surface area contributed by atoms with Crippen molar-refractivity contribution in [2.45, 2.75) is 6.42 Å². The van der Waals surface area contributed by atoms with Crippen LogP contribution >= 0.6 is 0 Å². The van der Waals surface area contributed by atoms with E-state index in [-0.39, 0.29) is 5.56 Å². The van der Waals surface area contributed by atoms with Gasteiger partial charge in [0.2, 0.25) is 0 Å². The first-order valence-corrected chi connectivity index (χ1v) is 6.75. The van der Waals surface area contributed by atoms with Gasteiger partial charge >= 0.3 is 5.97 Å². The fraction of sp³-hybridized carbons (Fsp3) is 0.118. The van der Waals surface area contributed by atoms with Crippen molar-refractivity contribution in [3.63, 3.8) is 0 Å². The van der Waals surface area contributed by atoms with E-state index in [1.54, 1.807) is 24.3 Å². The minimum Gasteiger partial charge on any atom is -0.493 e. The zero-order chi connectivity index (χ0) is 14.7. The topological polar surface area (TPSA) is 62.3 Å². The molecule has 0 radical (unpaired) electrons. The van der Waals surface area contributed by atoms with E-state index in [1.807, 2.05) is 18.2 Å². The number of benzene rings is 2. The van der Waals surface area contributed by atoms with E-state index in [9.17, 15) is 4.79 Å². The van der Waals surface area contributed by atoms with Crippen molar-refractivity contribution in [3.8, 4) is 5.75 Å². The lowest BCUT2D eigenvalue weighted by Gasteiger charge is -2.05. The zero-order valence-electron chi connectivity index (χ0n) is 11.4. The summed E-state index contributed by atoms with van der Waals surface area (Å²) < 4.78 is 5.63. The van der Waals surface area contributed by atoms with Gasteiger partial charge < -0.3 is 14.8 Å². The quantitative estimate of drug-likeness (QED) is 0.752. The molecule has 0 aliphatic rings. The predicted molar refractivity (Wildman–Crippen MR) is 80.9 cm³/mol. The van der Waals surface area contributed by atoms with Crippen LogP contribution < -0.4 is 4.74 Å². The maximum Gasteiger partial charge on any atom is 0.335 e. The number of carbonyl (C=O) groups is 1. The smallest absolute Gasteiger partial charge is 0.335 e. The van der Waals surface area contributed by atoms with Crippen LogP contribution in [0.5, 0.6) is 5.75 Å². The third kappa shape index (κ3) is 3.05. The number of carboxylic acids is 1. The zero-order valence-corrected chi connectivity index (χ0v) is 11.4. The highest BCUT2D eigenvalue weighted by atomic mass is 16.5. The van der Waals surface area contributed by atoms with E-state index in [0.29, 0.717) is 12.4 Å². The number of carboxylic acid groups (broad SMARTS) is 1. The lowest BCUT2D eigenvalue weighted by atomic mass is 10.2. The molecule has 2 aromatic carbocycles. The number of fused-ring (bicyclic) bond motifs is 1. The lowest BCUT2D eigenvalue weighted by Crippen LogP contribution is -2.02. The van der Waals surface area contributed by atoms with Gasteiger partial charge in [0.05, 0.1) is 12.2 Å². The van der Waals surface area contributed by atoms with Crippen molar-refractivity contribution < 1.29 is 14.6 Å². The minimum absolute atomic E-state index is 0.262. The molecule has 0 amide bonds. The summed E-state index contributed by atoms with van der Waals surface area (Å²) in [6.45, 7) is 0.541. The van der Waals surface area contributed by atoms with Gasteiger partial charge in [0.15, 0.2) is 0 Å². The molecule has 0 aliphatic carbocycles. The van der Waals surface area contributed by atoms with E-state index in [4.69, 9.17) is 9.84 Å². The molecule has 1 heterocycles. The molecule has 0 bridgehead atoms. The summed E-state index contributed by atoms with van der Waals surface area (Å²) in [6, 6.07) is 16.7. The molecule has 1 aromatic heterocycles. The number of rotatable bonds is 5. The Morgan fingerprint density at radius 3 is 2.57 bits per heavy atom. The molecule has 3 aromatic rings. The number of nitrogens with one attached hydrogen (secondary N) is 1. The summed E-state index contributed by atoms with van der Waals surface area (Å²) in [5.74, 6) is -0.254. The first-order chi connectivity index (χ1) is 10.2. The molecule has 106 valence electrons. The molecule has 0 saturated heterocycles. The van der Waals surface area contributed by atoms with Gasteiger partial charge in [-0.3, -0.25) is 0 Å². The van der Waals surface area contributed by atoms with Crippen molar-refractivity contribution in [2.75, 3.05) is 6.61 Å². The maximum atomic E-state index is 10.8. The standard InChI is InChI=1S/C17H15NO3/c19-17(20)12-5-7-15(8-6-12)21-10-9-14-11-13-3-1-2-4-16(13)18-14/h1-8,11,18H,9-10H2,(H,19,20). The van der Waals surface area contributed by atoms with E-state index >= 15 is 0 Å². The number of hydrogen-bond acceptors (Lipinski definition) is 2. The summed E-state index contributed by atoms with van der Waals surface area (Å²) in [7, 11) is 0. The molecule has 0 saturated carbocycles. The molecule has 2 N–H and O–H groups in total. The van der Waals surface area contributed by atoms with Crippen molar-refractivity contribution in [1.82, 2.24) is 4.98 Å². The highest BCUT2D eigenvalue weighted by molar-refractivity contribution is 5.87. The molecule has 4 nitrogen and oxygen atoms in total. The van der Waals surface area contributed by atoms with Crippen LogP contribution in [0.15, 0.2) is 54.6 Å². The van der Waals surface area contributed by atoms with Crippen LogP contribution in [0.4, 0.5) is 0 Å². The SMILES string of the molecule is O=C(O)c1ccc(OCCc2cc3ccccc3[nH]2)cc1. The average Bonchev–Trinajstić information content (AvgIpc) is 2.90. The molecule has 0 atom stereocenters. The van der Waals surface area contributed by atoms with Crippen LogP contribution in [-0.2, 0) is 6.42 Å². The van der Waals surface area contributed by atoms with E-state index in [0.717, 1.165) is 17.6 Å². The Bertz CT molecular complexity index is 726. The minimum atomic E-state index is -0.931. The van der Waals surface area contributed by atoms with Gasteiger partial charge in [-0.1, -0.05) is 18.2 Å². The fourth-order valence-corrected chi connectivity index (χ4v) is 2.24. The van der Waals surface area contributed by atoms with Gasteiger partial charge in [-0.25, -0.2) is 4.79 Å². The Morgan fingerprint density at radius 1 is 1.10 bits per heavy atom. The Kier molecular flexibility index (Phi) is 3.60. The van der Waals surface area contributed by atoms with Crippen molar-refractivity contribution in [3.05, 3.63) is 65.9 Å². The Hall–Kier alpha value is -2.75. The number of aromatic carboxylic acids is 1. The van der Waals surface area contributed by atoms with Gasteiger partial charge in [0.1, 0.15) is 5.75 Å². The molecule has 0 spiro atoms. The fourth-order valence-electron chi connectivity index (χ4n) is 2.24. The van der Waals surface area contributed by atoms with Gasteiger partial charge in [-0.05, 0) is 41.8 Å². The number of para-hydroxylation sites is 1. The Balaban J connectivity index is 1.59. The molecule has 3 rings (SSSR count). The second kappa shape index (κ2) is 5.71. The van der Waals surface area contributed by atoms with Crippen LogP contribution in [0, 0.1) is 0 Å². The first kappa shape index (κ1) is 13.2. The van der Waals surface area contributed by atoms with Crippen molar-refractivity contribution in [1.29, 1.82) is 0 Å². The molecule has 0 aliphatic heterocycles. The van der Waals surface area contributed by atoms with E-state index < -0.39 is 5.97 Å². The number of aromatic amines is 1. The first-order valence-electron chi connectivity index (χ1n) is 6.75. The van der Waals surface area contributed by atoms with Crippen LogP contribution in [0.1, 0.15) is 16.1 Å². The highest BCUT2D eigenvalue weighted by Crippen LogP contribution is 2.16. The number of H-pyrrole nitrogens is 1. The van der Waals surface area contributed by atoms with Gasteiger partial charge in [-0.2, -0.15) is 0 Å². The second-order valence-corrected chi connectivity index (χ2v) is 4.81. The highest BCUT2D eigenvalue weighted by Gasteiger charge is 2.03. The maximum absolute atomic E-state index is 10.8. The number of aromatic nitrogens is 1. The Labute approximate surface area is 122 Å². The van der Waals surface area contributed by atoms with Crippen LogP contribution in [0.25, 0.3) is 10.9 Å². The van der Waals surface area contributed by atoms with Crippen LogP contribution in [0.2, 0.25) is 0 Å². The molecular formula is C17H15NO3. The normalized spacial score (nSPS) is 10.7. The lowest BCUT2D eigenvalue weighted by molar-refractivity contribution is 0.0697. The molecular weight excluding hydrogens is 266 g/mol. The van der Waals surface area contributed by atoms with Gasteiger partial charge in [-0.15, -0.1) is 0 Å². The van der Waals surface area contributed by atoms with Crippen molar-refractivity contribution >= 4 is 16.9 Å². The van der Waals surface area contributed by atoms with Gasteiger partial charge in [0.25, 0.3) is 0 Å².